The number of rotatable bonds is 4. The van der Waals surface area contributed by atoms with E-state index in [1.807, 2.05) is 12.4 Å². The first-order valence-corrected chi connectivity index (χ1v) is 13.7. The van der Waals surface area contributed by atoms with Gasteiger partial charge in [0, 0.05) is 36.7 Å². The first kappa shape index (κ1) is 26.2. The molecule has 0 fully saturated rings. The minimum atomic E-state index is 0.648. The van der Waals surface area contributed by atoms with E-state index in [0.29, 0.717) is 13.1 Å². The third kappa shape index (κ3) is 6.90. The molecule has 0 aromatic heterocycles. The zero-order valence-electron chi connectivity index (χ0n) is 22.7. The van der Waals surface area contributed by atoms with Crippen molar-refractivity contribution in [3.63, 3.8) is 0 Å². The Labute approximate surface area is 232 Å². The summed E-state index contributed by atoms with van der Waals surface area (Å²) >= 11 is 0. The van der Waals surface area contributed by atoms with Gasteiger partial charge in [-0.1, -0.05) is 72.9 Å². The molecule has 0 N–H and O–H groups in total. The Morgan fingerprint density at radius 2 is 1.74 bits per heavy atom. The van der Waals surface area contributed by atoms with Gasteiger partial charge in [-0.05, 0) is 84.1 Å². The molecule has 3 nitrogen and oxygen atoms in total. The van der Waals surface area contributed by atoms with Crippen molar-refractivity contribution in [1.29, 1.82) is 0 Å². The Hall–Kier alpha value is -4.46. The third-order valence-corrected chi connectivity index (χ3v) is 7.02. The van der Waals surface area contributed by atoms with Crippen LogP contribution in [0.3, 0.4) is 0 Å². The third-order valence-electron chi connectivity index (χ3n) is 7.02. The van der Waals surface area contributed by atoms with Crippen molar-refractivity contribution >= 4 is 12.4 Å². The van der Waals surface area contributed by atoms with Crippen LogP contribution in [0.15, 0.2) is 159 Å². The van der Waals surface area contributed by atoms with Crippen molar-refractivity contribution in [3.05, 3.63) is 160 Å². The highest BCUT2D eigenvalue weighted by Crippen LogP contribution is 2.30. The Kier molecular flexibility index (Phi) is 8.63. The van der Waals surface area contributed by atoms with Crippen LogP contribution in [0.25, 0.3) is 0 Å². The minimum Gasteiger partial charge on any atom is -0.311 e. The minimum absolute atomic E-state index is 0.648. The van der Waals surface area contributed by atoms with Crippen LogP contribution in [0.1, 0.15) is 30.4 Å². The number of benzene rings is 1. The maximum Gasteiger partial charge on any atom is 0.0574 e. The van der Waals surface area contributed by atoms with Crippen molar-refractivity contribution in [1.82, 2.24) is 4.90 Å². The van der Waals surface area contributed by atoms with E-state index in [2.05, 4.69) is 131 Å². The van der Waals surface area contributed by atoms with Crippen molar-refractivity contribution < 1.29 is 0 Å². The smallest absolute Gasteiger partial charge is 0.0574 e. The number of nitrogens with zero attached hydrogens (tertiary/aromatic N) is 3. The summed E-state index contributed by atoms with van der Waals surface area (Å²) in [7, 11) is 0. The molecule has 0 saturated heterocycles. The summed E-state index contributed by atoms with van der Waals surface area (Å²) < 4.78 is 0. The Morgan fingerprint density at radius 3 is 2.64 bits per heavy atom. The average molecular weight is 510 g/mol. The molecule has 1 aromatic carbocycles. The average Bonchev–Trinajstić information content (AvgIpc) is 3.30. The van der Waals surface area contributed by atoms with Gasteiger partial charge in [-0.2, -0.15) is 0 Å². The van der Waals surface area contributed by atoms with Gasteiger partial charge in [0.2, 0.25) is 0 Å². The molecule has 0 bridgehead atoms. The van der Waals surface area contributed by atoms with Gasteiger partial charge < -0.3 is 4.90 Å². The van der Waals surface area contributed by atoms with Gasteiger partial charge in [-0.25, -0.2) is 0 Å². The normalized spacial score (nSPS) is 22.9. The molecule has 4 aliphatic rings. The highest BCUT2D eigenvalue weighted by molar-refractivity contribution is 5.86. The molecule has 0 radical (unpaired) electrons. The van der Waals surface area contributed by atoms with E-state index in [1.54, 1.807) is 0 Å². The van der Waals surface area contributed by atoms with Crippen LogP contribution in [0, 0.1) is 6.92 Å². The van der Waals surface area contributed by atoms with Crippen molar-refractivity contribution in [2.45, 2.75) is 32.6 Å². The second-order valence-electron chi connectivity index (χ2n) is 9.97. The Morgan fingerprint density at radius 1 is 0.897 bits per heavy atom. The summed E-state index contributed by atoms with van der Waals surface area (Å²) in [6.45, 7) is 7.87. The van der Waals surface area contributed by atoms with E-state index >= 15 is 0 Å². The maximum atomic E-state index is 4.56. The van der Waals surface area contributed by atoms with Crippen LogP contribution in [-0.4, -0.2) is 30.4 Å². The molecule has 0 atom stereocenters. The SMILES string of the molecule is C=C1C=CCN=CCC2=C(C=CCN=C2)N1C1=C/C=C(/C2=CC=C=C(Cc3ccc(C)cc3)C=C2)CC/C=C\1. The monoisotopic (exact) mass is 509 g/mol. The van der Waals surface area contributed by atoms with Crippen LogP contribution in [0.4, 0.5) is 0 Å². The zero-order valence-corrected chi connectivity index (χ0v) is 22.7. The van der Waals surface area contributed by atoms with Gasteiger partial charge in [0.1, 0.15) is 0 Å². The van der Waals surface area contributed by atoms with E-state index in [9.17, 15) is 0 Å². The lowest BCUT2D eigenvalue weighted by molar-refractivity contribution is 0.574. The number of aliphatic imine (C=N–C) groups is 2. The molecule has 2 heterocycles. The predicted octanol–water partition coefficient (Wildman–Crippen LogP) is 8.02. The highest BCUT2D eigenvalue weighted by Gasteiger charge is 2.18. The summed E-state index contributed by atoms with van der Waals surface area (Å²) in [5.41, 5.74) is 14.0. The van der Waals surface area contributed by atoms with Gasteiger partial charge in [-0.15, -0.1) is 5.73 Å². The van der Waals surface area contributed by atoms with Gasteiger partial charge in [-0.3, -0.25) is 9.98 Å². The second-order valence-corrected chi connectivity index (χ2v) is 9.97. The van der Waals surface area contributed by atoms with Crippen molar-refractivity contribution in [2.24, 2.45) is 9.98 Å². The van der Waals surface area contributed by atoms with Crippen LogP contribution in [0.5, 0.6) is 0 Å². The van der Waals surface area contributed by atoms with Gasteiger partial charge in [0.05, 0.1) is 18.8 Å². The lowest BCUT2D eigenvalue weighted by Gasteiger charge is -2.29. The van der Waals surface area contributed by atoms with Gasteiger partial charge in [0.25, 0.3) is 0 Å². The predicted molar refractivity (Wildman–Crippen MR) is 166 cm³/mol. The van der Waals surface area contributed by atoms with Crippen LogP contribution < -0.4 is 0 Å². The molecule has 0 unspecified atom stereocenters. The summed E-state index contributed by atoms with van der Waals surface area (Å²) in [5.74, 6) is 0. The lowest BCUT2D eigenvalue weighted by Crippen LogP contribution is -2.21. The molecule has 0 spiro atoms. The molecule has 5 rings (SSSR count). The molecule has 1 aromatic rings. The van der Waals surface area contributed by atoms with Crippen molar-refractivity contribution in [2.75, 3.05) is 13.1 Å². The molecular weight excluding hydrogens is 474 g/mol. The highest BCUT2D eigenvalue weighted by atomic mass is 15.2. The molecule has 39 heavy (non-hydrogen) atoms. The van der Waals surface area contributed by atoms with E-state index in [1.165, 1.54) is 27.8 Å². The molecule has 0 saturated carbocycles. The summed E-state index contributed by atoms with van der Waals surface area (Å²) in [6, 6.07) is 8.75. The zero-order chi connectivity index (χ0) is 26.9. The Bertz CT molecular complexity index is 1480. The van der Waals surface area contributed by atoms with Gasteiger partial charge >= 0.3 is 0 Å². The first-order valence-electron chi connectivity index (χ1n) is 13.7. The molecular formula is C36H35N3. The first-order chi connectivity index (χ1) is 19.2. The maximum absolute atomic E-state index is 4.56. The van der Waals surface area contributed by atoms with Gasteiger partial charge in [0.15, 0.2) is 0 Å². The van der Waals surface area contributed by atoms with E-state index in [4.69, 9.17) is 0 Å². The fraction of sp³-hybridized carbons (Fsp3) is 0.194. The standard InChI is InChI=1S/C36H35N3/c1-28-14-16-31(17-15-28)26-30-9-5-11-33(19-18-30)32-10-3-4-12-35(21-20-32)39-29(2)8-6-23-37-25-22-34-27-38-24-7-13-36(34)39/h4-8,11-21,25,27H,2-3,10,22-24,26H2,1H3/b8-6?,12-4-,32-20+,35-21+,37-25?. The quantitative estimate of drug-likeness (QED) is 0.378. The van der Waals surface area contributed by atoms with E-state index in [-0.39, 0.29) is 0 Å². The Balaban J connectivity index is 1.44. The summed E-state index contributed by atoms with van der Waals surface area (Å²) in [5, 5.41) is 0. The van der Waals surface area contributed by atoms with Crippen LogP contribution in [0.2, 0.25) is 0 Å². The number of hydrogen-bond acceptors (Lipinski definition) is 3. The summed E-state index contributed by atoms with van der Waals surface area (Å²) in [6.07, 6.45) is 33.6. The molecule has 0 amide bonds. The lowest BCUT2D eigenvalue weighted by atomic mass is 9.97. The summed E-state index contributed by atoms with van der Waals surface area (Å²) in [4.78, 5) is 11.3. The number of hydrogen-bond donors (Lipinski definition) is 0. The fourth-order valence-corrected chi connectivity index (χ4v) is 4.90. The largest absolute Gasteiger partial charge is 0.311 e. The molecule has 2 aliphatic heterocycles. The van der Waals surface area contributed by atoms with E-state index in [0.717, 1.165) is 48.3 Å². The molecule has 2 aliphatic carbocycles. The van der Waals surface area contributed by atoms with Crippen molar-refractivity contribution in [3.8, 4) is 0 Å². The van der Waals surface area contributed by atoms with E-state index < -0.39 is 0 Å². The van der Waals surface area contributed by atoms with Crippen LogP contribution in [-0.2, 0) is 6.42 Å². The molecule has 194 valence electrons. The topological polar surface area (TPSA) is 28.0 Å². The number of aryl methyl sites for hydroxylation is 1. The second kappa shape index (κ2) is 12.9. The molecule has 3 heteroatoms. The number of allylic oxidation sites excluding steroid dienone is 13. The van der Waals surface area contributed by atoms with Crippen LogP contribution >= 0.6 is 0 Å². The fourth-order valence-electron chi connectivity index (χ4n) is 4.90.